The average molecular weight is 366 g/mol. The summed E-state index contributed by atoms with van der Waals surface area (Å²) in [6, 6.07) is 13.6. The van der Waals surface area contributed by atoms with E-state index in [2.05, 4.69) is 0 Å². The molecule has 2 aromatic carbocycles. The number of nitrogens with zero attached hydrogens (tertiary/aromatic N) is 1. The SMILES string of the molecule is NS(=O)(=O)c1ccc2c(c1)CN(S(=O)(=O)Cc1ccccc1)CC2. The Bertz CT molecular complexity index is 955. The molecule has 2 N–H and O–H groups in total. The molecule has 0 amide bonds. The second-order valence-corrected chi connectivity index (χ2v) is 9.33. The van der Waals surface area contributed by atoms with Crippen LogP contribution in [0, 0.1) is 0 Å². The van der Waals surface area contributed by atoms with Crippen LogP contribution in [0.5, 0.6) is 0 Å². The van der Waals surface area contributed by atoms with Gasteiger partial charge >= 0.3 is 0 Å². The molecule has 3 rings (SSSR count). The summed E-state index contributed by atoms with van der Waals surface area (Å²) in [5, 5.41) is 5.15. The molecule has 2 aromatic rings. The Balaban J connectivity index is 1.86. The molecule has 8 heteroatoms. The highest BCUT2D eigenvalue weighted by molar-refractivity contribution is 7.89. The molecule has 0 fully saturated rings. The number of fused-ring (bicyclic) bond motifs is 1. The van der Waals surface area contributed by atoms with E-state index in [0.29, 0.717) is 18.5 Å². The van der Waals surface area contributed by atoms with E-state index in [9.17, 15) is 16.8 Å². The fourth-order valence-corrected chi connectivity index (χ4v) is 4.86. The lowest BCUT2D eigenvalue weighted by atomic mass is 10.0. The van der Waals surface area contributed by atoms with Gasteiger partial charge in [0.1, 0.15) is 0 Å². The second kappa shape index (κ2) is 6.29. The molecule has 0 saturated carbocycles. The van der Waals surface area contributed by atoms with Crippen molar-refractivity contribution < 1.29 is 16.8 Å². The van der Waals surface area contributed by atoms with Crippen LogP contribution in [0.1, 0.15) is 16.7 Å². The van der Waals surface area contributed by atoms with Crippen LogP contribution >= 0.6 is 0 Å². The van der Waals surface area contributed by atoms with Crippen molar-refractivity contribution in [1.29, 1.82) is 0 Å². The number of nitrogens with two attached hydrogens (primary N) is 1. The lowest BCUT2D eigenvalue weighted by Gasteiger charge is -2.28. The van der Waals surface area contributed by atoms with E-state index in [4.69, 9.17) is 5.14 Å². The van der Waals surface area contributed by atoms with E-state index in [-0.39, 0.29) is 17.2 Å². The Morgan fingerprint density at radius 3 is 2.33 bits per heavy atom. The van der Waals surface area contributed by atoms with Gasteiger partial charge in [-0.3, -0.25) is 0 Å². The van der Waals surface area contributed by atoms with Gasteiger partial charge in [-0.2, -0.15) is 4.31 Å². The van der Waals surface area contributed by atoms with Crippen molar-refractivity contribution in [3.05, 3.63) is 65.2 Å². The molecule has 24 heavy (non-hydrogen) atoms. The van der Waals surface area contributed by atoms with Crippen molar-refractivity contribution in [3.8, 4) is 0 Å². The third-order valence-corrected chi connectivity index (χ3v) is 6.78. The van der Waals surface area contributed by atoms with Crippen molar-refractivity contribution in [1.82, 2.24) is 4.31 Å². The van der Waals surface area contributed by atoms with Crippen molar-refractivity contribution >= 4 is 20.0 Å². The van der Waals surface area contributed by atoms with E-state index < -0.39 is 20.0 Å². The number of hydrogen-bond donors (Lipinski definition) is 1. The molecule has 128 valence electrons. The van der Waals surface area contributed by atoms with Crippen LogP contribution in [-0.4, -0.2) is 27.7 Å². The summed E-state index contributed by atoms with van der Waals surface area (Å²) in [7, 11) is -7.28. The summed E-state index contributed by atoms with van der Waals surface area (Å²) in [6.07, 6.45) is 0.550. The van der Waals surface area contributed by atoms with Gasteiger partial charge in [-0.05, 0) is 35.2 Å². The van der Waals surface area contributed by atoms with Crippen molar-refractivity contribution in [2.24, 2.45) is 5.14 Å². The first-order valence-electron chi connectivity index (χ1n) is 7.42. The summed E-state index contributed by atoms with van der Waals surface area (Å²) in [6.45, 7) is 0.546. The van der Waals surface area contributed by atoms with E-state index in [1.807, 2.05) is 6.07 Å². The Morgan fingerprint density at radius 2 is 1.67 bits per heavy atom. The molecule has 1 aliphatic rings. The van der Waals surface area contributed by atoms with Crippen LogP contribution in [0.2, 0.25) is 0 Å². The molecule has 0 bridgehead atoms. The van der Waals surface area contributed by atoms with Crippen molar-refractivity contribution in [3.63, 3.8) is 0 Å². The van der Waals surface area contributed by atoms with Gasteiger partial charge < -0.3 is 0 Å². The maximum Gasteiger partial charge on any atom is 0.238 e. The highest BCUT2D eigenvalue weighted by atomic mass is 32.2. The van der Waals surface area contributed by atoms with Crippen molar-refractivity contribution in [2.45, 2.75) is 23.6 Å². The van der Waals surface area contributed by atoms with E-state index >= 15 is 0 Å². The molecule has 0 spiro atoms. The Morgan fingerprint density at radius 1 is 0.958 bits per heavy atom. The zero-order valence-electron chi connectivity index (χ0n) is 12.9. The number of sulfonamides is 2. The Kier molecular flexibility index (Phi) is 4.48. The molecule has 0 aromatic heterocycles. The number of primary sulfonamides is 1. The number of benzene rings is 2. The van der Waals surface area contributed by atoms with E-state index in [0.717, 1.165) is 11.1 Å². The highest BCUT2D eigenvalue weighted by Gasteiger charge is 2.27. The predicted octanol–water partition coefficient (Wildman–Crippen LogP) is 1.22. The minimum absolute atomic E-state index is 0.00329. The average Bonchev–Trinajstić information content (AvgIpc) is 2.53. The molecule has 6 nitrogen and oxygen atoms in total. The lowest BCUT2D eigenvalue weighted by Crippen LogP contribution is -2.36. The summed E-state index contributed by atoms with van der Waals surface area (Å²) < 4.78 is 49.6. The van der Waals surface area contributed by atoms with Gasteiger partial charge in [0.15, 0.2) is 0 Å². The molecule has 1 aliphatic heterocycles. The number of rotatable bonds is 4. The fraction of sp³-hybridized carbons (Fsp3) is 0.250. The van der Waals surface area contributed by atoms with Gasteiger partial charge in [0.2, 0.25) is 20.0 Å². The van der Waals surface area contributed by atoms with Crippen LogP contribution < -0.4 is 5.14 Å². The van der Waals surface area contributed by atoms with E-state index in [1.54, 1.807) is 30.3 Å². The lowest BCUT2D eigenvalue weighted by molar-refractivity contribution is 0.390. The molecule has 0 aliphatic carbocycles. The maximum atomic E-state index is 12.6. The van der Waals surface area contributed by atoms with Crippen LogP contribution in [0.3, 0.4) is 0 Å². The zero-order chi connectivity index (χ0) is 17.4. The van der Waals surface area contributed by atoms with Gasteiger partial charge in [-0.1, -0.05) is 36.4 Å². The van der Waals surface area contributed by atoms with Gasteiger partial charge in [-0.15, -0.1) is 0 Å². The summed E-state index contributed by atoms with van der Waals surface area (Å²) in [5.74, 6) is -0.0714. The fourth-order valence-electron chi connectivity index (χ4n) is 2.80. The molecule has 0 unspecified atom stereocenters. The third-order valence-electron chi connectivity index (χ3n) is 4.07. The van der Waals surface area contributed by atoms with Gasteiger partial charge in [-0.25, -0.2) is 22.0 Å². The van der Waals surface area contributed by atoms with Crippen LogP contribution in [0.4, 0.5) is 0 Å². The summed E-state index contributed by atoms with van der Waals surface area (Å²) in [4.78, 5) is 0.00329. The maximum absolute atomic E-state index is 12.6. The minimum Gasteiger partial charge on any atom is -0.225 e. The topological polar surface area (TPSA) is 97.5 Å². The largest absolute Gasteiger partial charge is 0.238 e. The van der Waals surface area contributed by atoms with Crippen LogP contribution in [0.25, 0.3) is 0 Å². The normalized spacial score (nSPS) is 15.9. The van der Waals surface area contributed by atoms with Crippen LogP contribution in [-0.2, 0) is 38.8 Å². The third kappa shape index (κ3) is 3.67. The number of hydrogen-bond acceptors (Lipinski definition) is 4. The molecule has 0 saturated heterocycles. The Hall–Kier alpha value is -1.74. The van der Waals surface area contributed by atoms with Gasteiger partial charge in [0.25, 0.3) is 0 Å². The standard InChI is InChI=1S/C16H18N2O4S2/c17-24(21,22)16-7-6-14-8-9-18(11-15(14)10-16)23(19,20)12-13-4-2-1-3-5-13/h1-7,10H,8-9,11-12H2,(H2,17,21,22). The predicted molar refractivity (Wildman–Crippen MR) is 91.0 cm³/mol. The molecule has 0 radical (unpaired) electrons. The Labute approximate surface area is 142 Å². The first-order chi connectivity index (χ1) is 11.3. The quantitative estimate of drug-likeness (QED) is 0.880. The van der Waals surface area contributed by atoms with Crippen LogP contribution in [0.15, 0.2) is 53.4 Å². The van der Waals surface area contributed by atoms with E-state index in [1.165, 1.54) is 16.4 Å². The van der Waals surface area contributed by atoms with Gasteiger partial charge in [0.05, 0.1) is 10.6 Å². The minimum atomic E-state index is -3.81. The second-order valence-electron chi connectivity index (χ2n) is 5.80. The van der Waals surface area contributed by atoms with Gasteiger partial charge in [0, 0.05) is 13.1 Å². The highest BCUT2D eigenvalue weighted by Crippen LogP contribution is 2.25. The smallest absolute Gasteiger partial charge is 0.225 e. The molecular weight excluding hydrogens is 348 g/mol. The first kappa shape index (κ1) is 17.1. The molecular formula is C16H18N2O4S2. The first-order valence-corrected chi connectivity index (χ1v) is 10.6. The zero-order valence-corrected chi connectivity index (χ0v) is 14.6. The van der Waals surface area contributed by atoms with Crippen molar-refractivity contribution in [2.75, 3.05) is 6.54 Å². The molecule has 0 atom stereocenters. The summed E-state index contributed by atoms with van der Waals surface area (Å²) in [5.41, 5.74) is 2.36. The molecule has 1 heterocycles. The monoisotopic (exact) mass is 366 g/mol. The summed E-state index contributed by atoms with van der Waals surface area (Å²) >= 11 is 0.